The number of nitrogen functional groups attached to an aromatic ring is 4. The Balaban J connectivity index is 2.25. The lowest BCUT2D eigenvalue weighted by atomic mass is 10.3. The van der Waals surface area contributed by atoms with Crippen LogP contribution in [-0.2, 0) is 6.54 Å². The molecule has 0 saturated heterocycles. The van der Waals surface area contributed by atoms with Crippen molar-refractivity contribution in [2.45, 2.75) is 12.6 Å². The van der Waals surface area contributed by atoms with Gasteiger partial charge in [0.15, 0.2) is 0 Å². The zero-order valence-corrected chi connectivity index (χ0v) is 9.69. The van der Waals surface area contributed by atoms with E-state index in [0.717, 1.165) is 0 Å². The van der Waals surface area contributed by atoms with E-state index in [1.165, 1.54) is 21.8 Å². The molecular weight excluding hydrogens is 236 g/mol. The third-order valence-corrected chi connectivity index (χ3v) is 2.71. The summed E-state index contributed by atoms with van der Waals surface area (Å²) < 4.78 is 2.92. The standard InChI is InChI=1S/C9H16N8O/c10-6-1-14-16(8(6)12)3-5(4-18)17-9(13)7(11)2-15-17/h1-2,5,18H,3-4,10-13H2. The third kappa shape index (κ3) is 1.91. The maximum atomic E-state index is 9.40. The van der Waals surface area contributed by atoms with Crippen molar-refractivity contribution in [2.75, 3.05) is 29.5 Å². The van der Waals surface area contributed by atoms with Gasteiger partial charge in [-0.15, -0.1) is 0 Å². The number of nitrogens with two attached hydrogens (primary N) is 4. The van der Waals surface area contributed by atoms with Crippen LogP contribution in [0.15, 0.2) is 12.4 Å². The van der Waals surface area contributed by atoms with Crippen molar-refractivity contribution < 1.29 is 5.11 Å². The van der Waals surface area contributed by atoms with Gasteiger partial charge in [-0.2, -0.15) is 10.2 Å². The predicted octanol–water partition coefficient (Wildman–Crippen LogP) is -1.36. The quantitative estimate of drug-likeness (QED) is 0.449. The van der Waals surface area contributed by atoms with Gasteiger partial charge in [-0.05, 0) is 0 Å². The SMILES string of the molecule is Nc1cnn(CC(CO)n2ncc(N)c2N)c1N. The van der Waals surface area contributed by atoms with E-state index in [9.17, 15) is 5.11 Å². The molecule has 0 aliphatic rings. The summed E-state index contributed by atoms with van der Waals surface area (Å²) >= 11 is 0. The largest absolute Gasteiger partial charge is 0.394 e. The molecule has 1 atom stereocenters. The summed E-state index contributed by atoms with van der Waals surface area (Å²) in [6, 6.07) is -0.413. The van der Waals surface area contributed by atoms with Gasteiger partial charge in [0, 0.05) is 0 Å². The van der Waals surface area contributed by atoms with Crippen molar-refractivity contribution >= 4 is 23.0 Å². The molecule has 2 heterocycles. The molecule has 2 rings (SSSR count). The van der Waals surface area contributed by atoms with E-state index >= 15 is 0 Å². The van der Waals surface area contributed by atoms with Crippen LogP contribution in [0, 0.1) is 0 Å². The zero-order valence-electron chi connectivity index (χ0n) is 9.69. The first kappa shape index (κ1) is 12.0. The van der Waals surface area contributed by atoms with Crippen LogP contribution in [0.25, 0.3) is 0 Å². The molecule has 0 spiro atoms. The van der Waals surface area contributed by atoms with Crippen LogP contribution in [-0.4, -0.2) is 31.3 Å². The van der Waals surface area contributed by atoms with Crippen molar-refractivity contribution in [3.63, 3.8) is 0 Å². The number of aromatic nitrogens is 4. The molecule has 2 aromatic rings. The zero-order chi connectivity index (χ0) is 13.3. The summed E-state index contributed by atoms with van der Waals surface area (Å²) in [4.78, 5) is 0. The molecule has 0 radical (unpaired) electrons. The van der Waals surface area contributed by atoms with E-state index in [-0.39, 0.29) is 6.61 Å². The maximum Gasteiger partial charge on any atom is 0.145 e. The van der Waals surface area contributed by atoms with E-state index in [4.69, 9.17) is 22.9 Å². The predicted molar refractivity (Wildman–Crippen MR) is 68.2 cm³/mol. The summed E-state index contributed by atoms with van der Waals surface area (Å²) in [6.07, 6.45) is 2.88. The Morgan fingerprint density at radius 1 is 1.06 bits per heavy atom. The van der Waals surface area contributed by atoms with Gasteiger partial charge in [0.1, 0.15) is 11.6 Å². The molecule has 0 aromatic carbocycles. The van der Waals surface area contributed by atoms with E-state index < -0.39 is 6.04 Å². The lowest BCUT2D eigenvalue weighted by molar-refractivity contribution is 0.201. The van der Waals surface area contributed by atoms with Crippen LogP contribution in [0.1, 0.15) is 6.04 Å². The number of anilines is 4. The first-order chi connectivity index (χ1) is 8.54. The summed E-state index contributed by atoms with van der Waals surface area (Å²) in [5.41, 5.74) is 23.4. The van der Waals surface area contributed by atoms with E-state index in [1.807, 2.05) is 0 Å². The van der Waals surface area contributed by atoms with Crippen LogP contribution in [0.3, 0.4) is 0 Å². The Bertz CT molecular complexity index is 545. The molecule has 9 nitrogen and oxygen atoms in total. The fourth-order valence-corrected chi connectivity index (χ4v) is 1.64. The fraction of sp³-hybridized carbons (Fsp3) is 0.333. The molecule has 0 aliphatic carbocycles. The molecule has 9 N–H and O–H groups in total. The van der Waals surface area contributed by atoms with Gasteiger partial charge in [-0.25, -0.2) is 9.36 Å². The molecule has 0 bridgehead atoms. The van der Waals surface area contributed by atoms with Gasteiger partial charge in [0.05, 0.1) is 43.0 Å². The monoisotopic (exact) mass is 252 g/mol. The number of hydrogen-bond donors (Lipinski definition) is 5. The van der Waals surface area contributed by atoms with Gasteiger partial charge in [0.25, 0.3) is 0 Å². The number of aliphatic hydroxyl groups excluding tert-OH is 1. The van der Waals surface area contributed by atoms with Crippen LogP contribution < -0.4 is 22.9 Å². The first-order valence-electron chi connectivity index (χ1n) is 5.30. The molecule has 0 aliphatic heterocycles. The van der Waals surface area contributed by atoms with Crippen LogP contribution in [0.5, 0.6) is 0 Å². The Labute approximate surface area is 103 Å². The molecule has 1 unspecified atom stereocenters. The van der Waals surface area contributed by atoms with E-state index in [0.29, 0.717) is 29.6 Å². The lowest BCUT2D eigenvalue weighted by Crippen LogP contribution is -2.23. The molecule has 2 aromatic heterocycles. The van der Waals surface area contributed by atoms with Gasteiger partial charge in [0.2, 0.25) is 0 Å². The van der Waals surface area contributed by atoms with Crippen molar-refractivity contribution in [3.05, 3.63) is 12.4 Å². The number of hydrogen-bond acceptors (Lipinski definition) is 7. The summed E-state index contributed by atoms with van der Waals surface area (Å²) in [7, 11) is 0. The summed E-state index contributed by atoms with van der Waals surface area (Å²) in [5, 5.41) is 17.4. The minimum atomic E-state index is -0.413. The highest BCUT2D eigenvalue weighted by molar-refractivity contribution is 5.58. The van der Waals surface area contributed by atoms with Crippen LogP contribution in [0.4, 0.5) is 23.0 Å². The molecule has 98 valence electrons. The van der Waals surface area contributed by atoms with Crippen molar-refractivity contribution in [2.24, 2.45) is 0 Å². The first-order valence-corrected chi connectivity index (χ1v) is 5.30. The Hall–Kier alpha value is -2.42. The highest BCUT2D eigenvalue weighted by Crippen LogP contribution is 2.21. The second-order valence-corrected chi connectivity index (χ2v) is 3.93. The summed E-state index contributed by atoms with van der Waals surface area (Å²) in [5.74, 6) is 0.639. The average Bonchev–Trinajstić information content (AvgIpc) is 2.84. The van der Waals surface area contributed by atoms with Gasteiger partial charge in [-0.3, -0.25) is 0 Å². The Kier molecular flexibility index (Phi) is 2.98. The second-order valence-electron chi connectivity index (χ2n) is 3.93. The second kappa shape index (κ2) is 4.45. The molecular formula is C9H16N8O. The molecule has 18 heavy (non-hydrogen) atoms. The minimum absolute atomic E-state index is 0.176. The van der Waals surface area contributed by atoms with Crippen LogP contribution in [0.2, 0.25) is 0 Å². The molecule has 0 amide bonds. The van der Waals surface area contributed by atoms with E-state index in [1.54, 1.807) is 0 Å². The Morgan fingerprint density at radius 2 is 1.67 bits per heavy atom. The van der Waals surface area contributed by atoms with Crippen molar-refractivity contribution in [1.29, 1.82) is 0 Å². The number of aliphatic hydroxyl groups is 1. The summed E-state index contributed by atoms with van der Waals surface area (Å²) in [6.45, 7) is 0.120. The van der Waals surface area contributed by atoms with Gasteiger partial charge < -0.3 is 28.0 Å². The van der Waals surface area contributed by atoms with Gasteiger partial charge in [-0.1, -0.05) is 0 Å². The lowest BCUT2D eigenvalue weighted by Gasteiger charge is -2.17. The van der Waals surface area contributed by atoms with Crippen LogP contribution >= 0.6 is 0 Å². The maximum absolute atomic E-state index is 9.40. The molecule has 0 fully saturated rings. The Morgan fingerprint density at radius 3 is 2.11 bits per heavy atom. The normalized spacial score (nSPS) is 12.7. The average molecular weight is 252 g/mol. The fourth-order valence-electron chi connectivity index (χ4n) is 1.64. The van der Waals surface area contributed by atoms with E-state index in [2.05, 4.69) is 10.2 Å². The smallest absolute Gasteiger partial charge is 0.145 e. The molecule has 9 heteroatoms. The third-order valence-electron chi connectivity index (χ3n) is 2.71. The minimum Gasteiger partial charge on any atom is -0.394 e. The number of nitrogens with zero attached hydrogens (tertiary/aromatic N) is 4. The van der Waals surface area contributed by atoms with Crippen molar-refractivity contribution in [1.82, 2.24) is 19.6 Å². The highest BCUT2D eigenvalue weighted by atomic mass is 16.3. The van der Waals surface area contributed by atoms with Gasteiger partial charge >= 0.3 is 0 Å². The highest BCUT2D eigenvalue weighted by Gasteiger charge is 2.18. The molecule has 0 saturated carbocycles. The number of rotatable bonds is 4. The topological polar surface area (TPSA) is 160 Å². The van der Waals surface area contributed by atoms with Crippen molar-refractivity contribution in [3.8, 4) is 0 Å².